The van der Waals surface area contributed by atoms with E-state index in [1.54, 1.807) is 5.48 Å². The summed E-state index contributed by atoms with van der Waals surface area (Å²) in [5.74, 6) is -0.0423. The van der Waals surface area contributed by atoms with E-state index in [1.807, 2.05) is 11.3 Å². The summed E-state index contributed by atoms with van der Waals surface area (Å²) in [5.41, 5.74) is 6.76. The zero-order valence-electron chi connectivity index (χ0n) is 20.2. The molecular weight excluding hydrogens is 474 g/mol. The first-order valence-corrected chi connectivity index (χ1v) is 13.0. The van der Waals surface area contributed by atoms with Crippen LogP contribution in [0, 0.1) is 0 Å². The van der Waals surface area contributed by atoms with Crippen molar-refractivity contribution < 1.29 is 10.0 Å². The topological polar surface area (TPSA) is 101 Å². The van der Waals surface area contributed by atoms with E-state index in [0.717, 1.165) is 51.2 Å². The predicted molar refractivity (Wildman–Crippen MR) is 140 cm³/mol. The predicted octanol–water partition coefficient (Wildman–Crippen LogP) is 3.12. The number of hydrogen-bond donors (Lipinski definition) is 3. The Morgan fingerprint density at radius 2 is 1.92 bits per heavy atom. The highest BCUT2D eigenvalue weighted by Crippen LogP contribution is 2.35. The molecule has 3 N–H and O–H groups in total. The number of amides is 1. The minimum absolute atomic E-state index is 0.221. The molecule has 3 aromatic heterocycles. The third-order valence-electron chi connectivity index (χ3n) is 7.18. The Hall–Kier alpha value is -3.31. The van der Waals surface area contributed by atoms with Gasteiger partial charge in [0.1, 0.15) is 0 Å². The Balaban J connectivity index is 1.22. The number of benzene rings is 1. The average Bonchev–Trinajstić information content (AvgIpc) is 3.53. The van der Waals surface area contributed by atoms with Crippen LogP contribution in [-0.2, 0) is 19.5 Å². The van der Waals surface area contributed by atoms with E-state index in [-0.39, 0.29) is 5.56 Å². The zero-order valence-corrected chi connectivity index (χ0v) is 21.0. The van der Waals surface area contributed by atoms with Crippen LogP contribution in [0.3, 0.4) is 0 Å². The van der Waals surface area contributed by atoms with E-state index in [9.17, 15) is 4.79 Å². The van der Waals surface area contributed by atoms with Crippen molar-refractivity contribution in [2.75, 3.05) is 44.7 Å². The number of anilines is 1. The number of aromatic amines is 1. The van der Waals surface area contributed by atoms with Gasteiger partial charge < -0.3 is 14.8 Å². The fourth-order valence-electron chi connectivity index (χ4n) is 5.05. The molecular formula is C26H29N7O2S. The number of hydroxylamine groups is 1. The van der Waals surface area contributed by atoms with Gasteiger partial charge in [-0.3, -0.25) is 14.9 Å². The molecule has 0 spiro atoms. The molecule has 1 aromatic carbocycles. The maximum atomic E-state index is 11.6. The molecule has 5 heterocycles. The summed E-state index contributed by atoms with van der Waals surface area (Å²) in [6, 6.07) is 11.2. The van der Waals surface area contributed by atoms with E-state index in [0.29, 0.717) is 12.5 Å². The zero-order chi connectivity index (χ0) is 24.6. The maximum absolute atomic E-state index is 11.6. The molecule has 1 saturated heterocycles. The fourth-order valence-corrected chi connectivity index (χ4v) is 6.10. The van der Waals surface area contributed by atoms with Crippen LogP contribution >= 0.6 is 11.3 Å². The Morgan fingerprint density at radius 3 is 2.69 bits per heavy atom. The first-order chi connectivity index (χ1) is 17.6. The molecule has 0 atom stereocenters. The highest BCUT2D eigenvalue weighted by atomic mass is 32.1. The quantitative estimate of drug-likeness (QED) is 0.284. The van der Waals surface area contributed by atoms with E-state index in [2.05, 4.69) is 67.0 Å². The number of rotatable bonds is 5. The summed E-state index contributed by atoms with van der Waals surface area (Å²) in [4.78, 5) is 33.7. The van der Waals surface area contributed by atoms with Gasteiger partial charge in [0, 0.05) is 96.5 Å². The molecule has 0 radical (unpaired) electrons. The molecule has 2 aliphatic heterocycles. The van der Waals surface area contributed by atoms with Crippen LogP contribution in [0.1, 0.15) is 26.5 Å². The smallest absolute Gasteiger partial charge is 0.277 e. The number of fused-ring (bicyclic) bond motifs is 3. The highest BCUT2D eigenvalue weighted by Gasteiger charge is 2.23. The van der Waals surface area contributed by atoms with Gasteiger partial charge in [-0.15, -0.1) is 11.3 Å². The summed E-state index contributed by atoms with van der Waals surface area (Å²) in [6.45, 7) is 7.04. The third-order valence-corrected chi connectivity index (χ3v) is 8.30. The first-order valence-electron chi connectivity index (χ1n) is 12.2. The van der Waals surface area contributed by atoms with Gasteiger partial charge in [-0.25, -0.2) is 15.4 Å². The molecule has 1 amide bonds. The van der Waals surface area contributed by atoms with E-state index in [4.69, 9.17) is 5.21 Å². The molecule has 1 fully saturated rings. The number of carbonyl (C=O) groups is 1. The standard InChI is InChI=1S/C26H29N7O2S/c1-31-8-10-32(11-9-31)15-19-3-5-24(36-19)17-2-4-22-20(12-17)21-16-33(7-6-23(21)29-22)26-27-13-18(14-28-26)25(34)30-35/h2-5,12-14,29,35H,6-11,15-16H2,1H3,(H,30,34). The Bertz CT molecular complexity index is 1390. The van der Waals surface area contributed by atoms with Crippen molar-refractivity contribution in [2.24, 2.45) is 0 Å². The summed E-state index contributed by atoms with van der Waals surface area (Å²) in [5, 5.41) is 10.0. The van der Waals surface area contributed by atoms with Crippen molar-refractivity contribution in [3.8, 4) is 10.4 Å². The monoisotopic (exact) mass is 503 g/mol. The van der Waals surface area contributed by atoms with Gasteiger partial charge in [-0.1, -0.05) is 6.07 Å². The lowest BCUT2D eigenvalue weighted by molar-refractivity contribution is 0.0705. The van der Waals surface area contributed by atoms with Crippen LogP contribution in [0.25, 0.3) is 21.3 Å². The van der Waals surface area contributed by atoms with Gasteiger partial charge in [0.25, 0.3) is 5.91 Å². The lowest BCUT2D eigenvalue weighted by Gasteiger charge is -2.31. The van der Waals surface area contributed by atoms with E-state index in [1.165, 1.54) is 44.4 Å². The average molecular weight is 504 g/mol. The lowest BCUT2D eigenvalue weighted by atomic mass is 10.0. The van der Waals surface area contributed by atoms with Crippen LogP contribution in [-0.4, -0.2) is 75.6 Å². The third kappa shape index (κ3) is 4.48. The number of piperazine rings is 1. The molecule has 4 aromatic rings. The van der Waals surface area contributed by atoms with Gasteiger partial charge in [0.05, 0.1) is 5.56 Å². The fraction of sp³-hybridized carbons (Fsp3) is 0.346. The molecule has 6 rings (SSSR count). The molecule has 0 bridgehead atoms. The highest BCUT2D eigenvalue weighted by molar-refractivity contribution is 7.15. The van der Waals surface area contributed by atoms with Crippen LogP contribution in [0.15, 0.2) is 42.7 Å². The van der Waals surface area contributed by atoms with Crippen molar-refractivity contribution in [3.63, 3.8) is 0 Å². The summed E-state index contributed by atoms with van der Waals surface area (Å²) >= 11 is 1.89. The van der Waals surface area contributed by atoms with Crippen molar-refractivity contribution in [2.45, 2.75) is 19.5 Å². The van der Waals surface area contributed by atoms with Crippen LogP contribution < -0.4 is 10.4 Å². The summed E-state index contributed by atoms with van der Waals surface area (Å²) in [6.07, 6.45) is 3.75. The van der Waals surface area contributed by atoms with Crippen LogP contribution in [0.2, 0.25) is 0 Å². The minimum atomic E-state index is -0.619. The largest absolute Gasteiger partial charge is 0.358 e. The summed E-state index contributed by atoms with van der Waals surface area (Å²) in [7, 11) is 2.19. The van der Waals surface area contributed by atoms with Crippen molar-refractivity contribution in [1.82, 2.24) is 30.2 Å². The van der Waals surface area contributed by atoms with Gasteiger partial charge in [0.15, 0.2) is 0 Å². The number of nitrogens with zero attached hydrogens (tertiary/aromatic N) is 5. The summed E-state index contributed by atoms with van der Waals surface area (Å²) < 4.78 is 0. The second-order valence-corrected chi connectivity index (χ2v) is 10.7. The maximum Gasteiger partial charge on any atom is 0.277 e. The molecule has 0 aliphatic carbocycles. The Labute approximate surface area is 213 Å². The second-order valence-electron chi connectivity index (χ2n) is 9.57. The van der Waals surface area contributed by atoms with Gasteiger partial charge in [0.2, 0.25) is 5.95 Å². The molecule has 186 valence electrons. The SMILES string of the molecule is CN1CCN(Cc2ccc(-c3ccc4[nH]c5c(c4c3)CN(c3ncc(C(=O)NO)cn3)CC5)s2)CC1. The lowest BCUT2D eigenvalue weighted by Crippen LogP contribution is -2.43. The number of likely N-dealkylation sites (N-methyl/N-ethyl adjacent to an activating group) is 1. The minimum Gasteiger partial charge on any atom is -0.358 e. The van der Waals surface area contributed by atoms with E-state index < -0.39 is 5.91 Å². The Kier molecular flexibility index (Phi) is 6.18. The van der Waals surface area contributed by atoms with E-state index >= 15 is 0 Å². The number of H-pyrrole nitrogens is 1. The van der Waals surface area contributed by atoms with Gasteiger partial charge >= 0.3 is 0 Å². The van der Waals surface area contributed by atoms with Gasteiger partial charge in [-0.2, -0.15) is 0 Å². The molecule has 36 heavy (non-hydrogen) atoms. The Morgan fingerprint density at radius 1 is 1.11 bits per heavy atom. The molecule has 2 aliphatic rings. The van der Waals surface area contributed by atoms with Crippen molar-refractivity contribution >= 4 is 34.1 Å². The molecule has 9 nitrogen and oxygen atoms in total. The molecule has 0 unspecified atom stereocenters. The molecule has 10 heteroatoms. The number of hydrogen-bond acceptors (Lipinski definition) is 8. The number of thiophene rings is 1. The number of nitrogens with one attached hydrogen (secondary N) is 2. The normalized spacial score (nSPS) is 16.9. The number of aromatic nitrogens is 3. The van der Waals surface area contributed by atoms with Crippen LogP contribution in [0.5, 0.6) is 0 Å². The molecule has 0 saturated carbocycles. The number of carbonyl (C=O) groups excluding carboxylic acids is 1. The second kappa shape index (κ2) is 9.62. The van der Waals surface area contributed by atoms with Gasteiger partial charge in [-0.05, 0) is 36.9 Å². The first kappa shape index (κ1) is 23.1. The van der Waals surface area contributed by atoms with Crippen molar-refractivity contribution in [1.29, 1.82) is 0 Å². The van der Waals surface area contributed by atoms with Crippen molar-refractivity contribution in [3.05, 3.63) is 64.4 Å². The van der Waals surface area contributed by atoms with Crippen LogP contribution in [0.4, 0.5) is 5.95 Å².